The first-order valence-corrected chi connectivity index (χ1v) is 11.0. The van der Waals surface area contributed by atoms with Crippen LogP contribution in [0.5, 0.6) is 11.5 Å². The number of esters is 1. The van der Waals surface area contributed by atoms with Crippen LogP contribution < -0.4 is 20.2 Å². The standard InChI is InChI=1S/C26H24ClN3O5/c1-15-9-10-16(2)21(13-15)28-24(31)25(32)30-29-17(3)18-11-12-22(23(14-18)34-4)35-26(33)19-7-5-6-8-20(19)27/h5-14H,1-4H3,(H,28,31)(H,30,32)/b29-17+. The Morgan fingerprint density at radius 1 is 0.914 bits per heavy atom. The first-order valence-electron chi connectivity index (χ1n) is 10.6. The fourth-order valence-corrected chi connectivity index (χ4v) is 3.27. The van der Waals surface area contributed by atoms with Crippen molar-refractivity contribution in [1.29, 1.82) is 0 Å². The highest BCUT2D eigenvalue weighted by molar-refractivity contribution is 6.39. The van der Waals surface area contributed by atoms with E-state index in [9.17, 15) is 14.4 Å². The molecule has 3 rings (SSSR count). The molecule has 0 fully saturated rings. The lowest BCUT2D eigenvalue weighted by Gasteiger charge is -2.12. The summed E-state index contributed by atoms with van der Waals surface area (Å²) in [6, 6.07) is 16.9. The molecule has 2 N–H and O–H groups in total. The third-order valence-corrected chi connectivity index (χ3v) is 5.38. The molecule has 0 aliphatic carbocycles. The molecule has 0 bridgehead atoms. The molecule has 0 aliphatic heterocycles. The number of anilines is 1. The van der Waals surface area contributed by atoms with Gasteiger partial charge in [0.15, 0.2) is 11.5 Å². The van der Waals surface area contributed by atoms with Crippen molar-refractivity contribution in [2.75, 3.05) is 12.4 Å². The molecule has 0 aliphatic rings. The molecule has 0 heterocycles. The van der Waals surface area contributed by atoms with Gasteiger partial charge >= 0.3 is 17.8 Å². The minimum absolute atomic E-state index is 0.186. The van der Waals surface area contributed by atoms with Crippen molar-refractivity contribution in [2.45, 2.75) is 20.8 Å². The maximum Gasteiger partial charge on any atom is 0.345 e. The van der Waals surface area contributed by atoms with Crippen LogP contribution >= 0.6 is 11.6 Å². The van der Waals surface area contributed by atoms with Gasteiger partial charge in [0.2, 0.25) is 0 Å². The molecule has 3 aromatic carbocycles. The highest BCUT2D eigenvalue weighted by Crippen LogP contribution is 2.30. The number of hydrogen-bond acceptors (Lipinski definition) is 6. The molecule has 0 spiro atoms. The monoisotopic (exact) mass is 493 g/mol. The van der Waals surface area contributed by atoms with E-state index in [1.807, 2.05) is 26.0 Å². The smallest absolute Gasteiger partial charge is 0.345 e. The second-order valence-electron chi connectivity index (χ2n) is 7.65. The van der Waals surface area contributed by atoms with Crippen LogP contribution in [0, 0.1) is 13.8 Å². The summed E-state index contributed by atoms with van der Waals surface area (Å²) in [5.74, 6) is -1.92. The number of carbonyl (C=O) groups is 3. The molecule has 8 nitrogen and oxygen atoms in total. The van der Waals surface area contributed by atoms with Crippen LogP contribution in [-0.4, -0.2) is 30.6 Å². The van der Waals surface area contributed by atoms with E-state index >= 15 is 0 Å². The number of hydrazone groups is 1. The van der Waals surface area contributed by atoms with Gasteiger partial charge in [0.1, 0.15) is 0 Å². The summed E-state index contributed by atoms with van der Waals surface area (Å²) in [6.45, 7) is 5.37. The Labute approximate surface area is 207 Å². The van der Waals surface area contributed by atoms with Crippen molar-refractivity contribution in [3.8, 4) is 11.5 Å². The van der Waals surface area contributed by atoms with Crippen LogP contribution in [0.4, 0.5) is 5.69 Å². The highest BCUT2D eigenvalue weighted by Gasteiger charge is 2.17. The van der Waals surface area contributed by atoms with E-state index in [0.29, 0.717) is 17.0 Å². The van der Waals surface area contributed by atoms with Gasteiger partial charge in [0.05, 0.1) is 23.4 Å². The third kappa shape index (κ3) is 6.45. The third-order valence-electron chi connectivity index (χ3n) is 5.05. The molecule has 9 heteroatoms. The molecule has 35 heavy (non-hydrogen) atoms. The van der Waals surface area contributed by atoms with Gasteiger partial charge in [-0.3, -0.25) is 9.59 Å². The average molecular weight is 494 g/mol. The normalized spacial score (nSPS) is 10.9. The Balaban J connectivity index is 1.69. The molecule has 0 saturated heterocycles. The predicted octanol–water partition coefficient (Wildman–Crippen LogP) is 4.66. The summed E-state index contributed by atoms with van der Waals surface area (Å²) in [4.78, 5) is 36.9. The number of methoxy groups -OCH3 is 1. The SMILES string of the molecule is COc1cc(/C(C)=N/NC(=O)C(=O)Nc2cc(C)ccc2C)ccc1OC(=O)c1ccccc1Cl. The van der Waals surface area contributed by atoms with Gasteiger partial charge in [-0.2, -0.15) is 5.10 Å². The van der Waals surface area contributed by atoms with E-state index in [4.69, 9.17) is 21.1 Å². The fraction of sp³-hybridized carbons (Fsp3) is 0.154. The molecule has 0 atom stereocenters. The molecular formula is C26H24ClN3O5. The van der Waals surface area contributed by atoms with Crippen LogP contribution in [0.15, 0.2) is 65.8 Å². The van der Waals surface area contributed by atoms with E-state index in [0.717, 1.165) is 11.1 Å². The average Bonchev–Trinajstić information content (AvgIpc) is 2.84. The lowest BCUT2D eigenvalue weighted by Crippen LogP contribution is -2.33. The number of aryl methyl sites for hydroxylation is 2. The van der Waals surface area contributed by atoms with E-state index in [-0.39, 0.29) is 22.1 Å². The fourth-order valence-electron chi connectivity index (χ4n) is 3.06. The molecular weight excluding hydrogens is 470 g/mol. The Kier molecular flexibility index (Phi) is 8.22. The lowest BCUT2D eigenvalue weighted by atomic mass is 10.1. The van der Waals surface area contributed by atoms with E-state index in [1.165, 1.54) is 13.2 Å². The molecule has 0 unspecified atom stereocenters. The zero-order valence-electron chi connectivity index (χ0n) is 19.6. The Morgan fingerprint density at radius 3 is 2.37 bits per heavy atom. The maximum absolute atomic E-state index is 12.5. The van der Waals surface area contributed by atoms with Gasteiger partial charge < -0.3 is 14.8 Å². The van der Waals surface area contributed by atoms with E-state index in [2.05, 4.69) is 15.8 Å². The van der Waals surface area contributed by atoms with Gasteiger partial charge in [0.25, 0.3) is 0 Å². The van der Waals surface area contributed by atoms with Crippen molar-refractivity contribution in [2.24, 2.45) is 5.10 Å². The molecule has 3 aromatic rings. The Bertz CT molecular complexity index is 1320. The predicted molar refractivity (Wildman–Crippen MR) is 134 cm³/mol. The van der Waals surface area contributed by atoms with Gasteiger partial charge in [-0.25, -0.2) is 10.2 Å². The number of nitrogens with one attached hydrogen (secondary N) is 2. The summed E-state index contributed by atoms with van der Waals surface area (Å²) in [5.41, 5.74) is 5.79. The number of amides is 2. The minimum Gasteiger partial charge on any atom is -0.493 e. The largest absolute Gasteiger partial charge is 0.493 e. The number of rotatable bonds is 6. The summed E-state index contributed by atoms with van der Waals surface area (Å²) in [5, 5.41) is 6.85. The Hall–Kier alpha value is -4.17. The highest BCUT2D eigenvalue weighted by atomic mass is 35.5. The van der Waals surface area contributed by atoms with Crippen molar-refractivity contribution < 1.29 is 23.9 Å². The lowest BCUT2D eigenvalue weighted by molar-refractivity contribution is -0.136. The molecule has 2 amide bonds. The van der Waals surface area contributed by atoms with Gasteiger partial charge in [-0.05, 0) is 68.3 Å². The van der Waals surface area contributed by atoms with Crippen molar-refractivity contribution in [3.05, 3.63) is 87.9 Å². The number of carbonyl (C=O) groups excluding carboxylic acids is 3. The van der Waals surface area contributed by atoms with E-state index < -0.39 is 17.8 Å². The molecule has 180 valence electrons. The zero-order valence-corrected chi connectivity index (χ0v) is 20.4. The summed E-state index contributed by atoms with van der Waals surface area (Å²) in [7, 11) is 1.43. The number of hydrogen-bond donors (Lipinski definition) is 2. The van der Waals surface area contributed by atoms with Crippen molar-refractivity contribution in [3.63, 3.8) is 0 Å². The van der Waals surface area contributed by atoms with E-state index in [1.54, 1.807) is 49.4 Å². The summed E-state index contributed by atoms with van der Waals surface area (Å²) >= 11 is 6.06. The van der Waals surface area contributed by atoms with Gasteiger partial charge in [-0.1, -0.05) is 35.9 Å². The van der Waals surface area contributed by atoms with Crippen molar-refractivity contribution >= 4 is 40.8 Å². The number of ether oxygens (including phenoxy) is 2. The second kappa shape index (κ2) is 11.3. The summed E-state index contributed by atoms with van der Waals surface area (Å²) in [6.07, 6.45) is 0. The Morgan fingerprint density at radius 2 is 1.66 bits per heavy atom. The van der Waals surface area contributed by atoms with Crippen LogP contribution in [0.2, 0.25) is 5.02 Å². The number of benzene rings is 3. The van der Waals surface area contributed by atoms with Crippen LogP contribution in [0.25, 0.3) is 0 Å². The first kappa shape index (κ1) is 25.5. The van der Waals surface area contributed by atoms with Gasteiger partial charge in [-0.15, -0.1) is 0 Å². The van der Waals surface area contributed by atoms with Crippen LogP contribution in [0.3, 0.4) is 0 Å². The topological polar surface area (TPSA) is 106 Å². The number of halogens is 1. The zero-order chi connectivity index (χ0) is 25.5. The number of nitrogens with zero attached hydrogens (tertiary/aromatic N) is 1. The second-order valence-corrected chi connectivity index (χ2v) is 8.05. The van der Waals surface area contributed by atoms with Gasteiger partial charge in [0, 0.05) is 11.3 Å². The quantitative estimate of drug-likeness (QED) is 0.171. The maximum atomic E-state index is 12.5. The molecule has 0 radical (unpaired) electrons. The minimum atomic E-state index is -0.914. The molecule has 0 saturated carbocycles. The molecule has 0 aromatic heterocycles. The van der Waals surface area contributed by atoms with Crippen LogP contribution in [-0.2, 0) is 9.59 Å². The first-order chi connectivity index (χ1) is 16.7. The summed E-state index contributed by atoms with van der Waals surface area (Å²) < 4.78 is 10.8. The van der Waals surface area contributed by atoms with Crippen LogP contribution in [0.1, 0.15) is 34.0 Å². The van der Waals surface area contributed by atoms with Crippen molar-refractivity contribution in [1.82, 2.24) is 5.43 Å².